The molecule has 116 valence electrons. The zero-order chi connectivity index (χ0) is 15.5. The fourth-order valence-corrected chi connectivity index (χ4v) is 2.69. The average Bonchev–Trinajstić information content (AvgIpc) is 3.15. The van der Waals surface area contributed by atoms with Crippen LogP contribution >= 0.6 is 0 Å². The van der Waals surface area contributed by atoms with Crippen LogP contribution < -0.4 is 5.32 Å². The van der Waals surface area contributed by atoms with Gasteiger partial charge in [-0.3, -0.25) is 9.59 Å². The van der Waals surface area contributed by atoms with Crippen LogP contribution in [0.15, 0.2) is 24.5 Å². The van der Waals surface area contributed by atoms with Gasteiger partial charge in [0.15, 0.2) is 0 Å². The first-order valence-electron chi connectivity index (χ1n) is 7.65. The van der Waals surface area contributed by atoms with Crippen molar-refractivity contribution in [2.45, 2.75) is 26.2 Å². The molecule has 3 rings (SSSR count). The van der Waals surface area contributed by atoms with Crippen molar-refractivity contribution in [1.82, 2.24) is 19.6 Å². The Morgan fingerprint density at radius 1 is 1.32 bits per heavy atom. The summed E-state index contributed by atoms with van der Waals surface area (Å²) in [6, 6.07) is 3.89. The highest BCUT2D eigenvalue weighted by atomic mass is 16.2. The predicted molar refractivity (Wildman–Crippen MR) is 82.7 cm³/mol. The molecular formula is C16H20N4O2. The molecule has 0 aromatic carbocycles. The molecule has 1 N–H and O–H groups in total. The normalized spacial score (nSPS) is 14.5. The minimum absolute atomic E-state index is 0.114. The number of nitrogens with one attached hydrogen (secondary N) is 1. The Bertz CT molecular complexity index is 701. The van der Waals surface area contributed by atoms with E-state index < -0.39 is 0 Å². The summed E-state index contributed by atoms with van der Waals surface area (Å²) >= 11 is 0. The number of hydrogen-bond acceptors (Lipinski definition) is 3. The van der Waals surface area contributed by atoms with Crippen molar-refractivity contribution >= 4 is 17.5 Å². The average molecular weight is 300 g/mol. The molecule has 2 amide bonds. The molecule has 0 radical (unpaired) electrons. The van der Waals surface area contributed by atoms with Crippen molar-refractivity contribution in [2.24, 2.45) is 0 Å². The van der Waals surface area contributed by atoms with Crippen LogP contribution in [0.4, 0.5) is 0 Å². The van der Waals surface area contributed by atoms with Crippen LogP contribution in [0.25, 0.3) is 5.65 Å². The third kappa shape index (κ3) is 3.10. The summed E-state index contributed by atoms with van der Waals surface area (Å²) in [5.41, 5.74) is 2.22. The Hall–Kier alpha value is -2.37. The van der Waals surface area contributed by atoms with Gasteiger partial charge in [0.05, 0.1) is 0 Å². The van der Waals surface area contributed by atoms with Crippen molar-refractivity contribution in [3.05, 3.63) is 35.8 Å². The molecule has 1 fully saturated rings. The van der Waals surface area contributed by atoms with Gasteiger partial charge in [-0.2, -0.15) is 0 Å². The third-order valence-corrected chi connectivity index (χ3v) is 3.93. The van der Waals surface area contributed by atoms with E-state index in [9.17, 15) is 9.59 Å². The second-order valence-corrected chi connectivity index (χ2v) is 5.69. The Balaban J connectivity index is 1.55. The van der Waals surface area contributed by atoms with Crippen molar-refractivity contribution in [1.29, 1.82) is 0 Å². The lowest BCUT2D eigenvalue weighted by Crippen LogP contribution is -2.32. The summed E-state index contributed by atoms with van der Waals surface area (Å²) in [7, 11) is 0. The smallest absolute Gasteiger partial charge is 0.271 e. The van der Waals surface area contributed by atoms with E-state index in [1.165, 1.54) is 0 Å². The molecule has 0 spiro atoms. The number of fused-ring (bicyclic) bond motifs is 1. The zero-order valence-electron chi connectivity index (χ0n) is 12.7. The van der Waals surface area contributed by atoms with E-state index in [0.29, 0.717) is 18.7 Å². The van der Waals surface area contributed by atoms with Gasteiger partial charge in [-0.25, -0.2) is 4.98 Å². The van der Waals surface area contributed by atoms with Crippen LogP contribution in [0.2, 0.25) is 0 Å². The maximum absolute atomic E-state index is 12.1. The summed E-state index contributed by atoms with van der Waals surface area (Å²) in [6.07, 6.45) is 6.09. The largest absolute Gasteiger partial charge is 0.350 e. The predicted octanol–water partition coefficient (Wildman–Crippen LogP) is 1.39. The molecular weight excluding hydrogens is 280 g/mol. The minimum Gasteiger partial charge on any atom is -0.350 e. The second-order valence-electron chi connectivity index (χ2n) is 5.69. The first kappa shape index (κ1) is 14.6. The first-order valence-corrected chi connectivity index (χ1v) is 7.65. The second kappa shape index (κ2) is 6.17. The fourth-order valence-electron chi connectivity index (χ4n) is 2.69. The van der Waals surface area contributed by atoms with E-state index in [0.717, 1.165) is 37.1 Å². The molecule has 1 aliphatic rings. The maximum atomic E-state index is 12.1. The highest BCUT2D eigenvalue weighted by Crippen LogP contribution is 2.09. The van der Waals surface area contributed by atoms with Crippen molar-refractivity contribution in [3.63, 3.8) is 0 Å². The topological polar surface area (TPSA) is 66.7 Å². The number of likely N-dealkylation sites (tertiary alicyclic amines) is 1. The molecule has 2 aromatic rings. The number of rotatable bonds is 4. The number of amides is 2. The Labute approximate surface area is 129 Å². The van der Waals surface area contributed by atoms with Crippen LogP contribution in [-0.2, 0) is 4.79 Å². The van der Waals surface area contributed by atoms with E-state index in [4.69, 9.17) is 0 Å². The van der Waals surface area contributed by atoms with Crippen molar-refractivity contribution in [3.8, 4) is 0 Å². The summed E-state index contributed by atoms with van der Waals surface area (Å²) in [5.74, 6) is -0.126. The van der Waals surface area contributed by atoms with E-state index in [1.807, 2.05) is 34.6 Å². The van der Waals surface area contributed by atoms with Crippen molar-refractivity contribution in [2.75, 3.05) is 19.6 Å². The van der Waals surface area contributed by atoms with Crippen LogP contribution in [0.1, 0.15) is 35.3 Å². The van der Waals surface area contributed by atoms with Crippen LogP contribution in [-0.4, -0.2) is 45.7 Å². The van der Waals surface area contributed by atoms with Crippen molar-refractivity contribution < 1.29 is 9.59 Å². The molecule has 1 saturated heterocycles. The number of pyridine rings is 1. The van der Waals surface area contributed by atoms with Crippen LogP contribution in [0, 0.1) is 6.92 Å². The first-order chi connectivity index (χ1) is 10.6. The quantitative estimate of drug-likeness (QED) is 0.928. The molecule has 1 aliphatic heterocycles. The standard InChI is InChI=1S/C16H20N4O2/c1-12-5-9-20-11-13(18-14(20)10-12)16(22)17-6-4-15(21)19-7-2-3-8-19/h5,9-11H,2-4,6-8H2,1H3,(H,17,22). The van der Waals surface area contributed by atoms with E-state index in [-0.39, 0.29) is 11.8 Å². The highest BCUT2D eigenvalue weighted by Gasteiger charge is 2.18. The lowest BCUT2D eigenvalue weighted by atomic mass is 10.3. The van der Waals surface area contributed by atoms with Gasteiger partial charge >= 0.3 is 0 Å². The molecule has 2 aromatic heterocycles. The summed E-state index contributed by atoms with van der Waals surface area (Å²) in [6.45, 7) is 4.02. The summed E-state index contributed by atoms with van der Waals surface area (Å²) in [5, 5.41) is 2.77. The number of hydrogen-bond donors (Lipinski definition) is 1. The third-order valence-electron chi connectivity index (χ3n) is 3.93. The van der Waals surface area contributed by atoms with Gasteiger partial charge in [0, 0.05) is 38.4 Å². The van der Waals surface area contributed by atoms with Crippen LogP contribution in [0.5, 0.6) is 0 Å². The molecule has 0 bridgehead atoms. The number of aryl methyl sites for hydroxylation is 1. The Kier molecular flexibility index (Phi) is 4.09. The van der Waals surface area contributed by atoms with Gasteiger partial charge in [-0.15, -0.1) is 0 Å². The Morgan fingerprint density at radius 2 is 2.09 bits per heavy atom. The number of carbonyl (C=O) groups is 2. The van der Waals surface area contributed by atoms with E-state index >= 15 is 0 Å². The molecule has 6 heteroatoms. The van der Waals surface area contributed by atoms with Gasteiger partial charge in [-0.1, -0.05) is 0 Å². The lowest BCUT2D eigenvalue weighted by molar-refractivity contribution is -0.129. The number of aromatic nitrogens is 2. The van der Waals surface area contributed by atoms with Gasteiger partial charge in [-0.05, 0) is 37.5 Å². The lowest BCUT2D eigenvalue weighted by Gasteiger charge is -2.14. The minimum atomic E-state index is -0.240. The van der Waals surface area contributed by atoms with Gasteiger partial charge in [0.2, 0.25) is 5.91 Å². The molecule has 22 heavy (non-hydrogen) atoms. The van der Waals surface area contributed by atoms with Gasteiger partial charge in [0.25, 0.3) is 5.91 Å². The highest BCUT2D eigenvalue weighted by molar-refractivity contribution is 5.93. The fraction of sp³-hybridized carbons (Fsp3) is 0.438. The van der Waals surface area contributed by atoms with Gasteiger partial charge < -0.3 is 14.6 Å². The molecule has 6 nitrogen and oxygen atoms in total. The summed E-state index contributed by atoms with van der Waals surface area (Å²) in [4.78, 5) is 30.2. The zero-order valence-corrected chi connectivity index (χ0v) is 12.7. The molecule has 0 aliphatic carbocycles. The molecule has 0 atom stereocenters. The maximum Gasteiger partial charge on any atom is 0.271 e. The number of carbonyl (C=O) groups excluding carboxylic acids is 2. The monoisotopic (exact) mass is 300 g/mol. The van der Waals surface area contributed by atoms with E-state index in [2.05, 4.69) is 10.3 Å². The van der Waals surface area contributed by atoms with Gasteiger partial charge in [0.1, 0.15) is 11.3 Å². The van der Waals surface area contributed by atoms with E-state index in [1.54, 1.807) is 6.20 Å². The molecule has 0 saturated carbocycles. The summed E-state index contributed by atoms with van der Waals surface area (Å²) < 4.78 is 1.82. The molecule has 0 unspecified atom stereocenters. The van der Waals surface area contributed by atoms with Crippen LogP contribution in [0.3, 0.4) is 0 Å². The molecule has 3 heterocycles. The SMILES string of the molecule is Cc1ccn2cc(C(=O)NCCC(=O)N3CCCC3)nc2c1. The number of imidazole rings is 1. The Morgan fingerprint density at radius 3 is 2.86 bits per heavy atom. The number of nitrogens with zero attached hydrogens (tertiary/aromatic N) is 3.